The van der Waals surface area contributed by atoms with Crippen LogP contribution in [0.3, 0.4) is 0 Å². The maximum Gasteiger partial charge on any atom is 0.145 e. The monoisotopic (exact) mass is 668 g/mol. The first-order valence-corrected chi connectivity index (χ1v) is 14.3. The molecular formula is C42H48N6O2. The molecule has 0 spiro atoms. The number of aliphatic hydroxyl groups is 1. The Morgan fingerprint density at radius 1 is 0.800 bits per heavy atom. The van der Waals surface area contributed by atoms with E-state index in [1.54, 1.807) is 24.2 Å². The summed E-state index contributed by atoms with van der Waals surface area (Å²) in [7, 11) is 0. The summed E-state index contributed by atoms with van der Waals surface area (Å²) in [5.41, 5.74) is 16.2. The van der Waals surface area contributed by atoms with E-state index < -0.39 is 0 Å². The van der Waals surface area contributed by atoms with Crippen molar-refractivity contribution in [3.8, 4) is 130 Å². The molecule has 1 aromatic heterocycles. The molecule has 0 fully saturated rings. The topological polar surface area (TPSA) is 150 Å². The second-order valence-corrected chi connectivity index (χ2v) is 8.66. The summed E-state index contributed by atoms with van der Waals surface area (Å²) >= 11 is 0. The standard InChI is InChI=1S/C21H23N3O.C21H4.HN3.H2O.9H2/c1-2-6-19(17-7-4-3-5-8-17)23-21-14-22-13-20(24-21)18-11-9-16(15-25)10-12-18;1-3-5-7-9-11-13-15-17-19-21-20-18-16-14-12-10-8-6-4-2;1-3-2;;;;;;;;;;/h3-5,7-14,19,25H,2,6,15H2,1H3,(H,23,24);1H,2H3;1H;1H2;9*1H. The summed E-state index contributed by atoms with van der Waals surface area (Å²) < 4.78 is 0. The number of hydrogen-bond donors (Lipinski definition) is 3. The fourth-order valence-electron chi connectivity index (χ4n) is 3.40. The minimum absolute atomic E-state index is 0. The van der Waals surface area contributed by atoms with Crippen molar-refractivity contribution in [3.05, 3.63) is 88.6 Å². The molecule has 0 aliphatic rings. The quantitative estimate of drug-likeness (QED) is 0.103. The summed E-state index contributed by atoms with van der Waals surface area (Å²) in [6.07, 6.45) is 10.5. The number of aliphatic hydroxyl groups excluding tert-OH is 1. The second-order valence-electron chi connectivity index (χ2n) is 8.66. The summed E-state index contributed by atoms with van der Waals surface area (Å²) in [5, 5.41) is 12.7. The average molecular weight is 669 g/mol. The van der Waals surface area contributed by atoms with Gasteiger partial charge in [0.1, 0.15) is 5.82 Å². The van der Waals surface area contributed by atoms with E-state index in [-0.39, 0.29) is 31.0 Å². The van der Waals surface area contributed by atoms with Crippen LogP contribution in [0.5, 0.6) is 0 Å². The number of nitrogens with zero attached hydrogens (tertiary/aromatic N) is 4. The van der Waals surface area contributed by atoms with Gasteiger partial charge in [-0.15, -0.1) is 12.0 Å². The number of anilines is 1. The van der Waals surface area contributed by atoms with E-state index in [1.165, 1.54) is 5.56 Å². The Kier molecular flexibility index (Phi) is 25.2. The number of terminal acetylenes is 1. The van der Waals surface area contributed by atoms with Crippen LogP contribution in [0.1, 0.15) is 56.7 Å². The van der Waals surface area contributed by atoms with E-state index in [9.17, 15) is 0 Å². The zero-order valence-electron chi connectivity index (χ0n) is 27.4. The van der Waals surface area contributed by atoms with Crippen molar-refractivity contribution in [1.82, 2.24) is 9.97 Å². The molecule has 3 rings (SSSR count). The lowest BCUT2D eigenvalue weighted by Gasteiger charge is -2.19. The van der Waals surface area contributed by atoms with E-state index in [0.29, 0.717) is 0 Å². The van der Waals surface area contributed by atoms with E-state index >= 15 is 0 Å². The second kappa shape index (κ2) is 29.8. The summed E-state index contributed by atoms with van der Waals surface area (Å²) in [6, 6.07) is 18.4. The van der Waals surface area contributed by atoms with Gasteiger partial charge in [-0.25, -0.2) is 4.98 Å². The predicted octanol–water partition coefficient (Wildman–Crippen LogP) is 7.52. The van der Waals surface area contributed by atoms with Crippen LogP contribution >= 0.6 is 0 Å². The van der Waals surface area contributed by atoms with Gasteiger partial charge in [-0.3, -0.25) is 4.98 Å². The Hall–Kier alpha value is -7.85. The molecule has 1 heterocycles. The molecule has 0 amide bonds. The molecule has 8 heteroatoms. The number of aromatic nitrogens is 2. The normalized spacial score (nSPS) is 7.72. The van der Waals surface area contributed by atoms with Gasteiger partial charge in [0.15, 0.2) is 0 Å². The molecule has 1 atom stereocenters. The molecule has 0 aliphatic carbocycles. The van der Waals surface area contributed by atoms with Crippen LogP contribution in [0.25, 0.3) is 21.7 Å². The molecule has 3 aromatic rings. The summed E-state index contributed by atoms with van der Waals surface area (Å²) in [4.78, 5) is 10.8. The number of rotatable bonds is 7. The molecule has 2 aromatic carbocycles. The molecule has 0 aliphatic heterocycles. The van der Waals surface area contributed by atoms with Gasteiger partial charge in [-0.2, -0.15) is 0 Å². The van der Waals surface area contributed by atoms with Crippen molar-refractivity contribution in [2.75, 3.05) is 5.32 Å². The van der Waals surface area contributed by atoms with Gasteiger partial charge in [-0.1, -0.05) is 73.9 Å². The predicted molar refractivity (Wildman–Crippen MR) is 218 cm³/mol. The van der Waals surface area contributed by atoms with Crippen LogP contribution in [-0.2, 0) is 6.61 Å². The van der Waals surface area contributed by atoms with Crippen molar-refractivity contribution in [1.29, 1.82) is 5.53 Å². The third-order valence-electron chi connectivity index (χ3n) is 5.37. The van der Waals surface area contributed by atoms with Crippen LogP contribution < -0.4 is 5.32 Å². The molecule has 0 bridgehead atoms. The third-order valence-corrected chi connectivity index (χ3v) is 5.37. The fraction of sp³-hybridized carbons (Fsp3) is 0.143. The van der Waals surface area contributed by atoms with E-state index in [0.717, 1.165) is 35.5 Å². The number of hydrogen-bond acceptors (Lipinski definition) is 5. The minimum atomic E-state index is 0. The van der Waals surface area contributed by atoms with Gasteiger partial charge >= 0.3 is 0 Å². The van der Waals surface area contributed by atoms with E-state index in [4.69, 9.17) is 27.6 Å². The Morgan fingerprint density at radius 2 is 1.28 bits per heavy atom. The summed E-state index contributed by atoms with van der Waals surface area (Å²) in [5.74, 6) is 47.7. The Morgan fingerprint density at radius 3 is 1.72 bits per heavy atom. The SMILES string of the molecule is C#CC#CC#CC#CC#CC#CC#CC#CC#CC#CC.CCCC(Nc1cncc(-c2ccc(CO)cc2)n1)c1ccccc1.O.[HH].[HH].[HH].[HH].[HH].[HH].[HH].[HH].[HH].[N-]=[N+]=N. The van der Waals surface area contributed by atoms with Gasteiger partial charge in [-0.05, 0) is 130 Å². The van der Waals surface area contributed by atoms with Crippen LogP contribution in [0, 0.1) is 124 Å². The zero-order valence-corrected chi connectivity index (χ0v) is 27.4. The van der Waals surface area contributed by atoms with Crippen molar-refractivity contribution >= 4 is 5.82 Å². The highest BCUT2D eigenvalue weighted by Gasteiger charge is 2.11. The first-order chi connectivity index (χ1) is 24.1. The molecular weight excluding hydrogens is 621 g/mol. The lowest BCUT2D eigenvalue weighted by molar-refractivity contribution is 0.282. The fourth-order valence-corrected chi connectivity index (χ4v) is 3.40. The number of nitrogens with one attached hydrogen (secondary N) is 2. The summed E-state index contributed by atoms with van der Waals surface area (Å²) in [6.45, 7) is 3.93. The van der Waals surface area contributed by atoms with Crippen molar-refractivity contribution in [3.63, 3.8) is 0 Å². The first-order valence-electron chi connectivity index (χ1n) is 14.3. The van der Waals surface area contributed by atoms with Gasteiger partial charge in [0.05, 0.1) is 30.7 Å². The van der Waals surface area contributed by atoms with Crippen LogP contribution in [0.2, 0.25) is 0 Å². The van der Waals surface area contributed by atoms with E-state index in [2.05, 4.69) is 154 Å². The Labute approximate surface area is 308 Å². The molecule has 0 saturated carbocycles. The van der Waals surface area contributed by atoms with Crippen molar-refractivity contribution < 1.29 is 23.4 Å². The highest BCUT2D eigenvalue weighted by molar-refractivity contribution is 5.60. The molecule has 50 heavy (non-hydrogen) atoms. The lowest BCUT2D eigenvalue weighted by Crippen LogP contribution is -2.12. The highest BCUT2D eigenvalue weighted by Crippen LogP contribution is 2.24. The molecule has 5 N–H and O–H groups in total. The Bertz CT molecular complexity index is 2230. The van der Waals surface area contributed by atoms with Crippen LogP contribution in [-0.4, -0.2) is 20.6 Å². The van der Waals surface area contributed by atoms with Crippen LogP contribution in [0.15, 0.2) is 67.0 Å². The lowest BCUT2D eigenvalue weighted by atomic mass is 10.0. The molecule has 0 radical (unpaired) electrons. The largest absolute Gasteiger partial charge is 0.412 e. The van der Waals surface area contributed by atoms with Gasteiger partial charge in [0.25, 0.3) is 0 Å². The first kappa shape index (κ1) is 42.1. The molecule has 0 saturated heterocycles. The van der Waals surface area contributed by atoms with Crippen LogP contribution in [0.4, 0.5) is 5.82 Å². The maximum absolute atomic E-state index is 9.16. The molecule has 258 valence electrons. The smallest absolute Gasteiger partial charge is 0.145 e. The van der Waals surface area contributed by atoms with Gasteiger partial charge in [0.2, 0.25) is 0 Å². The molecule has 1 unspecified atom stereocenters. The Balaban J connectivity index is -0.0000000831. The highest BCUT2D eigenvalue weighted by atomic mass is 16.3. The number of benzene rings is 2. The van der Waals surface area contributed by atoms with Crippen molar-refractivity contribution in [2.45, 2.75) is 39.3 Å². The zero-order chi connectivity index (χ0) is 35.6. The minimum Gasteiger partial charge on any atom is -0.412 e. The molecule has 8 nitrogen and oxygen atoms in total. The van der Waals surface area contributed by atoms with E-state index in [1.807, 2.05) is 30.3 Å². The maximum atomic E-state index is 9.16. The van der Waals surface area contributed by atoms with Gasteiger partial charge < -0.3 is 15.9 Å². The van der Waals surface area contributed by atoms with Crippen molar-refractivity contribution in [2.24, 2.45) is 0 Å². The average Bonchev–Trinajstić information content (AvgIpc) is 3.14. The third kappa shape index (κ3) is 20.2. The van der Waals surface area contributed by atoms with Gasteiger partial charge in [0, 0.05) is 30.2 Å².